The number of aromatic nitrogens is 2. The van der Waals surface area contributed by atoms with Crippen molar-refractivity contribution in [3.63, 3.8) is 0 Å². The highest BCUT2D eigenvalue weighted by Crippen LogP contribution is 2.33. The van der Waals surface area contributed by atoms with Gasteiger partial charge in [0.15, 0.2) is 0 Å². The number of aromatic amines is 1. The first kappa shape index (κ1) is 13.4. The molecule has 1 aromatic rings. The van der Waals surface area contributed by atoms with E-state index >= 15 is 0 Å². The second kappa shape index (κ2) is 4.67. The molecule has 0 aromatic carbocycles. The van der Waals surface area contributed by atoms with Crippen molar-refractivity contribution in [3.8, 4) is 0 Å². The summed E-state index contributed by atoms with van der Waals surface area (Å²) in [4.78, 5) is 18.7. The number of aryl methyl sites for hydroxylation is 1. The Labute approximate surface area is 104 Å². The summed E-state index contributed by atoms with van der Waals surface area (Å²) < 4.78 is 5.87. The van der Waals surface area contributed by atoms with Crippen molar-refractivity contribution in [2.75, 3.05) is 7.11 Å². The second-order valence-electron chi connectivity index (χ2n) is 4.83. The van der Waals surface area contributed by atoms with Crippen LogP contribution in [0.15, 0.2) is 9.27 Å². The van der Waals surface area contributed by atoms with Gasteiger partial charge in [-0.25, -0.2) is 4.98 Å². The Bertz CT molecular complexity index is 435. The van der Waals surface area contributed by atoms with Crippen molar-refractivity contribution in [2.45, 2.75) is 33.8 Å². The molecule has 90 valence electrons. The quantitative estimate of drug-likeness (QED) is 0.910. The van der Waals surface area contributed by atoms with E-state index in [4.69, 9.17) is 4.74 Å². The SMILES string of the molecule is COC(c1nc(C)c(Br)c(=O)[nH]1)C(C)(C)C. The Morgan fingerprint density at radius 3 is 2.38 bits per heavy atom. The van der Waals surface area contributed by atoms with Crippen molar-refractivity contribution >= 4 is 15.9 Å². The number of methoxy groups -OCH3 is 1. The zero-order chi connectivity index (χ0) is 12.5. The number of hydrogen-bond donors (Lipinski definition) is 1. The molecule has 0 radical (unpaired) electrons. The first-order valence-corrected chi connectivity index (χ1v) is 5.85. The maximum atomic E-state index is 11.6. The molecule has 1 heterocycles. The molecule has 1 unspecified atom stereocenters. The fraction of sp³-hybridized carbons (Fsp3) is 0.636. The highest BCUT2D eigenvalue weighted by Gasteiger charge is 2.28. The van der Waals surface area contributed by atoms with Gasteiger partial charge in [0.05, 0.1) is 5.69 Å². The molecule has 16 heavy (non-hydrogen) atoms. The van der Waals surface area contributed by atoms with Crippen molar-refractivity contribution in [1.29, 1.82) is 0 Å². The van der Waals surface area contributed by atoms with E-state index in [1.165, 1.54) is 0 Å². The topological polar surface area (TPSA) is 55.0 Å². The molecule has 1 rings (SSSR count). The maximum absolute atomic E-state index is 11.6. The third-order valence-corrected chi connectivity index (χ3v) is 3.25. The van der Waals surface area contributed by atoms with Crippen LogP contribution in [0.3, 0.4) is 0 Å². The Kier molecular flexibility index (Phi) is 3.91. The average molecular weight is 289 g/mol. The molecule has 1 atom stereocenters. The molecule has 0 aliphatic carbocycles. The zero-order valence-corrected chi connectivity index (χ0v) is 11.8. The third kappa shape index (κ3) is 2.71. The maximum Gasteiger partial charge on any atom is 0.265 e. The van der Waals surface area contributed by atoms with Crippen LogP contribution in [0.5, 0.6) is 0 Å². The van der Waals surface area contributed by atoms with Crippen molar-refractivity contribution in [3.05, 3.63) is 26.3 Å². The largest absolute Gasteiger partial charge is 0.373 e. The highest BCUT2D eigenvalue weighted by molar-refractivity contribution is 9.10. The summed E-state index contributed by atoms with van der Waals surface area (Å²) in [6, 6.07) is 0. The van der Waals surface area contributed by atoms with Gasteiger partial charge in [-0.1, -0.05) is 20.8 Å². The lowest BCUT2D eigenvalue weighted by Gasteiger charge is -2.28. The van der Waals surface area contributed by atoms with E-state index in [2.05, 4.69) is 25.9 Å². The smallest absolute Gasteiger partial charge is 0.265 e. The number of rotatable bonds is 2. The fourth-order valence-corrected chi connectivity index (χ4v) is 1.78. The van der Waals surface area contributed by atoms with E-state index in [-0.39, 0.29) is 17.1 Å². The number of halogens is 1. The lowest BCUT2D eigenvalue weighted by Crippen LogP contribution is -2.26. The predicted octanol–water partition coefficient (Wildman–Crippen LogP) is 2.57. The number of nitrogens with zero attached hydrogens (tertiary/aromatic N) is 1. The predicted molar refractivity (Wildman–Crippen MR) is 66.5 cm³/mol. The zero-order valence-electron chi connectivity index (χ0n) is 10.2. The molecule has 0 saturated heterocycles. The van der Waals surface area contributed by atoms with Crippen LogP contribution in [-0.2, 0) is 4.74 Å². The summed E-state index contributed by atoms with van der Waals surface area (Å²) in [6.07, 6.45) is -0.230. The summed E-state index contributed by atoms with van der Waals surface area (Å²) in [5.74, 6) is 0.570. The highest BCUT2D eigenvalue weighted by atomic mass is 79.9. The third-order valence-electron chi connectivity index (χ3n) is 2.32. The van der Waals surface area contributed by atoms with E-state index < -0.39 is 0 Å². The van der Waals surface area contributed by atoms with Crippen LogP contribution in [0.1, 0.15) is 38.4 Å². The summed E-state index contributed by atoms with van der Waals surface area (Å²) >= 11 is 3.19. The van der Waals surface area contributed by atoms with Crippen molar-refractivity contribution in [1.82, 2.24) is 9.97 Å². The van der Waals surface area contributed by atoms with Gasteiger partial charge in [-0.2, -0.15) is 0 Å². The summed E-state index contributed by atoms with van der Waals surface area (Å²) in [5, 5.41) is 0. The fourth-order valence-electron chi connectivity index (χ4n) is 1.59. The van der Waals surface area contributed by atoms with E-state index in [9.17, 15) is 4.79 Å². The first-order valence-electron chi connectivity index (χ1n) is 5.06. The van der Waals surface area contributed by atoms with E-state index in [1.807, 2.05) is 20.8 Å². The molecule has 0 aliphatic rings. The molecular formula is C11H17BrN2O2. The molecule has 1 N–H and O–H groups in total. The number of H-pyrrole nitrogens is 1. The van der Waals surface area contributed by atoms with Gasteiger partial charge in [0.2, 0.25) is 0 Å². The van der Waals surface area contributed by atoms with E-state index in [0.29, 0.717) is 16.0 Å². The Morgan fingerprint density at radius 1 is 1.44 bits per heavy atom. The Morgan fingerprint density at radius 2 is 2.00 bits per heavy atom. The monoisotopic (exact) mass is 288 g/mol. The minimum atomic E-state index is -0.230. The number of ether oxygens (including phenoxy) is 1. The molecule has 4 nitrogen and oxygen atoms in total. The standard InChI is InChI=1S/C11H17BrN2O2/c1-6-7(12)10(15)14-9(13-6)8(16-5)11(2,3)4/h8H,1-5H3,(H,13,14,15). The molecule has 0 bridgehead atoms. The molecule has 0 amide bonds. The van der Waals surface area contributed by atoms with Crippen molar-refractivity contribution in [2.24, 2.45) is 5.41 Å². The average Bonchev–Trinajstić information content (AvgIpc) is 2.12. The van der Waals surface area contributed by atoms with Crippen molar-refractivity contribution < 1.29 is 4.74 Å². The number of nitrogens with one attached hydrogen (secondary N) is 1. The van der Waals surface area contributed by atoms with Crippen LogP contribution in [0.2, 0.25) is 0 Å². The van der Waals surface area contributed by atoms with Crippen LogP contribution in [0.4, 0.5) is 0 Å². The van der Waals surface area contributed by atoms with Gasteiger partial charge < -0.3 is 9.72 Å². The molecular weight excluding hydrogens is 272 g/mol. The number of hydrogen-bond acceptors (Lipinski definition) is 3. The van der Waals surface area contributed by atoms with E-state index in [1.54, 1.807) is 14.0 Å². The minimum absolute atomic E-state index is 0.120. The van der Waals surface area contributed by atoms with Crippen LogP contribution in [-0.4, -0.2) is 17.1 Å². The van der Waals surface area contributed by atoms with Gasteiger partial charge in [-0.15, -0.1) is 0 Å². The molecule has 0 spiro atoms. The molecule has 0 fully saturated rings. The van der Waals surface area contributed by atoms with Gasteiger partial charge in [0, 0.05) is 7.11 Å². The second-order valence-corrected chi connectivity index (χ2v) is 5.63. The van der Waals surface area contributed by atoms with Crippen LogP contribution < -0.4 is 5.56 Å². The molecule has 0 saturated carbocycles. The van der Waals surface area contributed by atoms with Gasteiger partial charge >= 0.3 is 0 Å². The minimum Gasteiger partial charge on any atom is -0.373 e. The summed E-state index contributed by atoms with van der Waals surface area (Å²) in [6.45, 7) is 7.91. The summed E-state index contributed by atoms with van der Waals surface area (Å²) in [5.41, 5.74) is 0.379. The van der Waals surface area contributed by atoms with Crippen LogP contribution in [0, 0.1) is 12.3 Å². The first-order chi connectivity index (χ1) is 7.27. The lowest BCUT2D eigenvalue weighted by molar-refractivity contribution is 0.00834. The van der Waals surface area contributed by atoms with Gasteiger partial charge in [-0.05, 0) is 28.3 Å². The lowest BCUT2D eigenvalue weighted by atomic mass is 9.88. The Hall–Kier alpha value is -0.680. The van der Waals surface area contributed by atoms with Crippen LogP contribution in [0.25, 0.3) is 0 Å². The van der Waals surface area contributed by atoms with Gasteiger partial charge in [0.25, 0.3) is 5.56 Å². The molecule has 0 aliphatic heterocycles. The molecule has 5 heteroatoms. The summed E-state index contributed by atoms with van der Waals surface area (Å²) in [7, 11) is 1.62. The van der Waals surface area contributed by atoms with E-state index in [0.717, 1.165) is 0 Å². The molecule has 1 aromatic heterocycles. The van der Waals surface area contributed by atoms with Gasteiger partial charge in [0.1, 0.15) is 16.4 Å². The van der Waals surface area contributed by atoms with Gasteiger partial charge in [-0.3, -0.25) is 4.79 Å². The Balaban J connectivity index is 3.28. The normalized spacial score (nSPS) is 13.9. The van der Waals surface area contributed by atoms with Crippen LogP contribution >= 0.6 is 15.9 Å².